The van der Waals surface area contributed by atoms with Gasteiger partial charge in [0.15, 0.2) is 5.76 Å². The number of alkyl carbamates (subject to hydrolysis) is 1. The summed E-state index contributed by atoms with van der Waals surface area (Å²) in [5.41, 5.74) is 2.98. The lowest BCUT2D eigenvalue weighted by atomic mass is 10.2. The highest BCUT2D eigenvalue weighted by atomic mass is 16.5. The number of hydrogen-bond acceptors (Lipinski definition) is 6. The van der Waals surface area contributed by atoms with Crippen LogP contribution in [-0.2, 0) is 11.3 Å². The molecule has 116 valence electrons. The van der Waals surface area contributed by atoms with Crippen LogP contribution in [-0.4, -0.2) is 43.1 Å². The molecular weight excluding hydrogens is 276 g/mol. The van der Waals surface area contributed by atoms with Gasteiger partial charge in [-0.3, -0.25) is 15.1 Å². The fourth-order valence-corrected chi connectivity index (χ4v) is 2.42. The van der Waals surface area contributed by atoms with Crippen molar-refractivity contribution in [2.45, 2.75) is 25.9 Å². The van der Waals surface area contributed by atoms with Crippen LogP contribution in [0.5, 0.6) is 0 Å². The lowest BCUT2D eigenvalue weighted by Gasteiger charge is -2.15. The standard InChI is InChI=1S/C13H20N4O4/c1-8-9(5-11(21-8)12(18)16-14)6-17-4-3-10(7-17)15-13(19)20-2/h5,10H,3-4,6-7,14H2,1-2H3,(H,15,19)(H,16,18). The van der Waals surface area contributed by atoms with E-state index in [-0.39, 0.29) is 11.8 Å². The zero-order valence-corrected chi connectivity index (χ0v) is 12.1. The monoisotopic (exact) mass is 296 g/mol. The maximum atomic E-state index is 11.4. The first-order valence-corrected chi connectivity index (χ1v) is 6.70. The van der Waals surface area contributed by atoms with E-state index in [0.29, 0.717) is 12.3 Å². The van der Waals surface area contributed by atoms with Crippen LogP contribution in [0.4, 0.5) is 4.79 Å². The van der Waals surface area contributed by atoms with Gasteiger partial charge in [-0.2, -0.15) is 0 Å². The van der Waals surface area contributed by atoms with Crippen molar-refractivity contribution in [1.29, 1.82) is 0 Å². The molecule has 0 radical (unpaired) electrons. The predicted octanol–water partition coefficient (Wildman–Crippen LogP) is 0.122. The topological polar surface area (TPSA) is 110 Å². The second-order valence-electron chi connectivity index (χ2n) is 5.02. The largest absolute Gasteiger partial charge is 0.456 e. The normalized spacial score (nSPS) is 18.5. The Bertz CT molecular complexity index is 528. The Morgan fingerprint density at radius 1 is 1.57 bits per heavy atom. The minimum Gasteiger partial charge on any atom is -0.456 e. The Morgan fingerprint density at radius 3 is 3.00 bits per heavy atom. The Hall–Kier alpha value is -2.06. The molecule has 1 aliphatic heterocycles. The van der Waals surface area contributed by atoms with Crippen molar-refractivity contribution in [2.24, 2.45) is 5.84 Å². The lowest BCUT2D eigenvalue weighted by molar-refractivity contribution is 0.0924. The van der Waals surface area contributed by atoms with Gasteiger partial charge in [0.1, 0.15) is 5.76 Å². The summed E-state index contributed by atoms with van der Waals surface area (Å²) in [7, 11) is 1.35. The third kappa shape index (κ3) is 3.73. The fourth-order valence-electron chi connectivity index (χ4n) is 2.42. The number of rotatable bonds is 4. The Morgan fingerprint density at radius 2 is 2.33 bits per heavy atom. The van der Waals surface area contributed by atoms with E-state index in [1.54, 1.807) is 6.07 Å². The minimum absolute atomic E-state index is 0.0801. The second-order valence-corrected chi connectivity index (χ2v) is 5.02. The van der Waals surface area contributed by atoms with Crippen LogP contribution < -0.4 is 16.6 Å². The molecule has 0 saturated carbocycles. The summed E-state index contributed by atoms with van der Waals surface area (Å²) in [6, 6.07) is 1.77. The molecular formula is C13H20N4O4. The summed E-state index contributed by atoms with van der Waals surface area (Å²) in [5.74, 6) is 5.53. The molecule has 0 spiro atoms. The molecule has 1 fully saturated rings. The van der Waals surface area contributed by atoms with E-state index in [0.717, 1.165) is 25.1 Å². The molecule has 1 aromatic heterocycles. The van der Waals surface area contributed by atoms with Gasteiger partial charge in [0, 0.05) is 31.2 Å². The number of hydrazine groups is 1. The molecule has 2 heterocycles. The molecule has 2 amide bonds. The first kappa shape index (κ1) is 15.3. The third-order valence-corrected chi connectivity index (χ3v) is 3.55. The lowest BCUT2D eigenvalue weighted by Crippen LogP contribution is -2.36. The first-order chi connectivity index (χ1) is 10.0. The van der Waals surface area contributed by atoms with Gasteiger partial charge in [0.2, 0.25) is 0 Å². The van der Waals surface area contributed by atoms with E-state index in [2.05, 4.69) is 15.0 Å². The van der Waals surface area contributed by atoms with Gasteiger partial charge in [-0.1, -0.05) is 0 Å². The van der Waals surface area contributed by atoms with E-state index in [9.17, 15) is 9.59 Å². The number of carbonyl (C=O) groups is 2. The summed E-state index contributed by atoms with van der Waals surface area (Å²) in [4.78, 5) is 24.8. The van der Waals surface area contributed by atoms with Crippen LogP contribution in [0.1, 0.15) is 28.3 Å². The Labute approximate surface area is 122 Å². The quantitative estimate of drug-likeness (QED) is 0.413. The van der Waals surface area contributed by atoms with Gasteiger partial charge in [-0.05, 0) is 19.4 Å². The summed E-state index contributed by atoms with van der Waals surface area (Å²) in [6.45, 7) is 4.06. The molecule has 1 unspecified atom stereocenters. The predicted molar refractivity (Wildman–Crippen MR) is 74.3 cm³/mol. The van der Waals surface area contributed by atoms with Gasteiger partial charge >= 0.3 is 12.0 Å². The highest BCUT2D eigenvalue weighted by molar-refractivity contribution is 5.91. The smallest absolute Gasteiger partial charge is 0.407 e. The first-order valence-electron chi connectivity index (χ1n) is 6.70. The molecule has 4 N–H and O–H groups in total. The van der Waals surface area contributed by atoms with Crippen molar-refractivity contribution in [3.8, 4) is 0 Å². The van der Waals surface area contributed by atoms with E-state index in [4.69, 9.17) is 10.3 Å². The number of nitrogens with one attached hydrogen (secondary N) is 2. The van der Waals surface area contributed by atoms with E-state index in [1.807, 2.05) is 12.3 Å². The number of carbonyl (C=O) groups excluding carboxylic acids is 2. The number of furan rings is 1. The summed E-state index contributed by atoms with van der Waals surface area (Å²) in [6.07, 6.45) is 0.450. The van der Waals surface area contributed by atoms with Crippen molar-refractivity contribution in [3.05, 3.63) is 23.2 Å². The number of hydrogen-bond donors (Lipinski definition) is 3. The summed E-state index contributed by atoms with van der Waals surface area (Å²) >= 11 is 0. The number of likely N-dealkylation sites (tertiary alicyclic amines) is 1. The van der Waals surface area contributed by atoms with Crippen LogP contribution in [0.25, 0.3) is 0 Å². The van der Waals surface area contributed by atoms with Crippen LogP contribution in [0.2, 0.25) is 0 Å². The zero-order valence-electron chi connectivity index (χ0n) is 12.1. The number of ether oxygens (including phenoxy) is 1. The van der Waals surface area contributed by atoms with Crippen LogP contribution >= 0.6 is 0 Å². The van der Waals surface area contributed by atoms with Crippen LogP contribution in [0, 0.1) is 6.92 Å². The fraction of sp³-hybridized carbons (Fsp3) is 0.538. The molecule has 1 aliphatic rings. The number of nitrogens with zero attached hydrogens (tertiary/aromatic N) is 1. The van der Waals surface area contributed by atoms with Crippen molar-refractivity contribution in [3.63, 3.8) is 0 Å². The van der Waals surface area contributed by atoms with Gasteiger partial charge in [0.25, 0.3) is 0 Å². The van der Waals surface area contributed by atoms with E-state index in [1.165, 1.54) is 7.11 Å². The number of nitrogen functional groups attached to an aromatic ring is 1. The molecule has 0 bridgehead atoms. The maximum absolute atomic E-state index is 11.4. The molecule has 8 heteroatoms. The third-order valence-electron chi connectivity index (χ3n) is 3.55. The minimum atomic E-state index is -0.448. The number of amides is 2. The molecule has 0 aromatic carbocycles. The number of nitrogens with two attached hydrogens (primary N) is 1. The molecule has 2 rings (SSSR count). The maximum Gasteiger partial charge on any atom is 0.407 e. The Kier molecular flexibility index (Phi) is 4.81. The average Bonchev–Trinajstić information content (AvgIpc) is 3.06. The highest BCUT2D eigenvalue weighted by Crippen LogP contribution is 2.19. The van der Waals surface area contributed by atoms with E-state index >= 15 is 0 Å². The van der Waals surface area contributed by atoms with Crippen molar-refractivity contribution in [1.82, 2.24) is 15.6 Å². The van der Waals surface area contributed by atoms with Crippen molar-refractivity contribution in [2.75, 3.05) is 20.2 Å². The highest BCUT2D eigenvalue weighted by Gasteiger charge is 2.25. The molecule has 0 aliphatic carbocycles. The zero-order chi connectivity index (χ0) is 15.4. The number of methoxy groups -OCH3 is 1. The summed E-state index contributed by atoms with van der Waals surface area (Å²) in [5, 5.41) is 2.78. The molecule has 8 nitrogen and oxygen atoms in total. The molecule has 1 aromatic rings. The summed E-state index contributed by atoms with van der Waals surface area (Å²) < 4.78 is 9.96. The average molecular weight is 296 g/mol. The van der Waals surface area contributed by atoms with Gasteiger partial charge in [-0.25, -0.2) is 10.6 Å². The van der Waals surface area contributed by atoms with Gasteiger partial charge in [-0.15, -0.1) is 0 Å². The van der Waals surface area contributed by atoms with E-state index < -0.39 is 12.0 Å². The van der Waals surface area contributed by atoms with Crippen molar-refractivity contribution >= 4 is 12.0 Å². The molecule has 1 saturated heterocycles. The number of aryl methyl sites for hydroxylation is 1. The van der Waals surface area contributed by atoms with Gasteiger partial charge in [0.05, 0.1) is 7.11 Å². The molecule has 21 heavy (non-hydrogen) atoms. The van der Waals surface area contributed by atoms with Crippen LogP contribution in [0.15, 0.2) is 10.5 Å². The molecule has 1 atom stereocenters. The van der Waals surface area contributed by atoms with Gasteiger partial charge < -0.3 is 14.5 Å². The van der Waals surface area contributed by atoms with Crippen molar-refractivity contribution < 1.29 is 18.7 Å². The second kappa shape index (κ2) is 6.59. The Balaban J connectivity index is 1.92. The SMILES string of the molecule is COC(=O)NC1CCN(Cc2cc(C(=O)NN)oc2C)C1. The van der Waals surface area contributed by atoms with Crippen LogP contribution in [0.3, 0.4) is 0 Å².